The molecule has 0 saturated carbocycles. The van der Waals surface area contributed by atoms with Gasteiger partial charge >= 0.3 is 0 Å². The Balaban J connectivity index is 2.04. The highest BCUT2D eigenvalue weighted by Crippen LogP contribution is 2.26. The summed E-state index contributed by atoms with van der Waals surface area (Å²) in [5, 5.41) is 3.53. The average molecular weight is 584 g/mol. The molecule has 3 aromatic rings. The number of anilines is 1. The molecule has 214 valence electrons. The van der Waals surface area contributed by atoms with Crippen molar-refractivity contribution in [3.63, 3.8) is 0 Å². The van der Waals surface area contributed by atoms with E-state index in [1.165, 1.54) is 17.0 Å². The van der Waals surface area contributed by atoms with Crippen LogP contribution >= 0.6 is 11.6 Å². The molecule has 0 saturated heterocycles. The number of halogens is 1. The van der Waals surface area contributed by atoms with Gasteiger partial charge in [0.1, 0.15) is 12.6 Å². The molecule has 0 aliphatic heterocycles. The second-order valence-corrected chi connectivity index (χ2v) is 12.3. The highest BCUT2D eigenvalue weighted by molar-refractivity contribution is 7.92. The number of carbonyl (C=O) groups excluding carboxylic acids is 2. The number of benzene rings is 3. The van der Waals surface area contributed by atoms with Crippen LogP contribution in [0.5, 0.6) is 0 Å². The van der Waals surface area contributed by atoms with E-state index in [0.717, 1.165) is 27.4 Å². The summed E-state index contributed by atoms with van der Waals surface area (Å²) in [6.07, 6.45) is 1.10. The van der Waals surface area contributed by atoms with E-state index in [1.807, 2.05) is 34.6 Å². The Morgan fingerprint density at radius 3 is 1.93 bits per heavy atom. The topological polar surface area (TPSA) is 86.8 Å². The predicted octanol–water partition coefficient (Wildman–Crippen LogP) is 5.87. The van der Waals surface area contributed by atoms with E-state index < -0.39 is 28.5 Å². The van der Waals surface area contributed by atoms with Gasteiger partial charge in [0.05, 0.1) is 10.6 Å². The van der Waals surface area contributed by atoms with E-state index in [9.17, 15) is 18.0 Å². The number of nitrogens with zero attached hydrogens (tertiary/aromatic N) is 2. The first-order valence-corrected chi connectivity index (χ1v) is 15.3. The Morgan fingerprint density at radius 1 is 0.850 bits per heavy atom. The van der Waals surface area contributed by atoms with E-state index in [0.29, 0.717) is 17.1 Å². The standard InChI is InChI=1S/C31H38ClN3O4S/c1-6-24(5)33-31(37)29(7-2)34(20-25-12-14-26(32)15-13-25)30(36)21-35(27-16-8-22(3)9-17-27)40(38,39)28-18-10-23(4)11-19-28/h8-19,24,29H,6-7,20-21H2,1-5H3,(H,33,37). The van der Waals surface area contributed by atoms with Crippen LogP contribution in [-0.4, -0.2) is 43.8 Å². The van der Waals surface area contributed by atoms with Crippen molar-refractivity contribution < 1.29 is 18.0 Å². The zero-order valence-corrected chi connectivity index (χ0v) is 25.3. The Morgan fingerprint density at radius 2 is 1.40 bits per heavy atom. The van der Waals surface area contributed by atoms with E-state index in [-0.39, 0.29) is 23.4 Å². The number of rotatable bonds is 12. The van der Waals surface area contributed by atoms with Crippen LogP contribution in [0.25, 0.3) is 0 Å². The molecule has 0 aromatic heterocycles. The minimum absolute atomic E-state index is 0.0694. The van der Waals surface area contributed by atoms with Gasteiger partial charge in [0.2, 0.25) is 11.8 Å². The molecule has 3 rings (SSSR count). The van der Waals surface area contributed by atoms with Crippen LogP contribution in [0, 0.1) is 13.8 Å². The summed E-state index contributed by atoms with van der Waals surface area (Å²) < 4.78 is 28.9. The van der Waals surface area contributed by atoms with Crippen molar-refractivity contribution in [2.45, 2.75) is 71.0 Å². The molecule has 1 N–H and O–H groups in total. The summed E-state index contributed by atoms with van der Waals surface area (Å²) in [6, 6.07) is 19.7. The molecule has 0 fully saturated rings. The highest BCUT2D eigenvalue weighted by atomic mass is 35.5. The second-order valence-electron chi connectivity index (χ2n) is 10.1. The quantitative estimate of drug-likeness (QED) is 0.289. The molecular formula is C31H38ClN3O4S. The maximum absolute atomic E-state index is 14.1. The number of amides is 2. The second kappa shape index (κ2) is 13.8. The molecule has 0 aliphatic carbocycles. The van der Waals surface area contributed by atoms with Crippen molar-refractivity contribution >= 4 is 39.1 Å². The van der Waals surface area contributed by atoms with E-state index in [1.54, 1.807) is 60.7 Å². The maximum atomic E-state index is 14.1. The smallest absolute Gasteiger partial charge is 0.264 e. The van der Waals surface area contributed by atoms with Crippen molar-refractivity contribution in [1.82, 2.24) is 10.2 Å². The van der Waals surface area contributed by atoms with Gasteiger partial charge in [0.15, 0.2) is 0 Å². The number of hydrogen-bond acceptors (Lipinski definition) is 4. The molecule has 2 amide bonds. The normalized spacial score (nSPS) is 12.8. The summed E-state index contributed by atoms with van der Waals surface area (Å²) in [5.41, 5.74) is 3.02. The molecule has 0 aliphatic rings. The third-order valence-electron chi connectivity index (χ3n) is 6.86. The first-order chi connectivity index (χ1) is 19.0. The molecule has 9 heteroatoms. The summed E-state index contributed by atoms with van der Waals surface area (Å²) >= 11 is 6.07. The van der Waals surface area contributed by atoms with E-state index in [2.05, 4.69) is 5.32 Å². The fourth-order valence-electron chi connectivity index (χ4n) is 4.22. The van der Waals surface area contributed by atoms with Crippen LogP contribution in [0.2, 0.25) is 5.02 Å². The minimum atomic E-state index is -4.10. The van der Waals surface area contributed by atoms with Crippen LogP contribution in [-0.2, 0) is 26.2 Å². The predicted molar refractivity (Wildman–Crippen MR) is 161 cm³/mol. The van der Waals surface area contributed by atoms with Crippen molar-refractivity contribution in [3.8, 4) is 0 Å². The van der Waals surface area contributed by atoms with Crippen LogP contribution in [0.15, 0.2) is 77.7 Å². The van der Waals surface area contributed by atoms with Gasteiger partial charge in [-0.3, -0.25) is 13.9 Å². The van der Waals surface area contributed by atoms with Crippen molar-refractivity contribution in [3.05, 3.63) is 94.5 Å². The summed E-state index contributed by atoms with van der Waals surface area (Å²) in [5.74, 6) is -0.764. The van der Waals surface area contributed by atoms with Crippen molar-refractivity contribution in [1.29, 1.82) is 0 Å². The SMILES string of the molecule is CCC(C)NC(=O)C(CC)N(Cc1ccc(Cl)cc1)C(=O)CN(c1ccc(C)cc1)S(=O)(=O)c1ccc(C)cc1. The lowest BCUT2D eigenvalue weighted by atomic mass is 10.1. The molecular weight excluding hydrogens is 546 g/mol. The fourth-order valence-corrected chi connectivity index (χ4v) is 5.76. The molecule has 2 atom stereocenters. The molecule has 7 nitrogen and oxygen atoms in total. The summed E-state index contributed by atoms with van der Waals surface area (Å²) in [4.78, 5) is 28.9. The van der Waals surface area contributed by atoms with Crippen LogP contribution in [0.3, 0.4) is 0 Å². The fraction of sp³-hybridized carbons (Fsp3) is 0.355. The first kappa shape index (κ1) is 31.2. The Labute approximate surface area is 243 Å². The molecule has 2 unspecified atom stereocenters. The number of aryl methyl sites for hydroxylation is 2. The van der Waals surface area contributed by atoms with Crippen molar-refractivity contribution in [2.75, 3.05) is 10.8 Å². The van der Waals surface area contributed by atoms with E-state index in [4.69, 9.17) is 11.6 Å². The summed E-state index contributed by atoms with van der Waals surface area (Å²) in [7, 11) is -4.10. The van der Waals surface area contributed by atoms with Crippen LogP contribution in [0.1, 0.15) is 50.3 Å². The van der Waals surface area contributed by atoms with E-state index >= 15 is 0 Å². The zero-order valence-electron chi connectivity index (χ0n) is 23.7. The Hall–Kier alpha value is -3.36. The molecule has 0 spiro atoms. The monoisotopic (exact) mass is 583 g/mol. The number of carbonyl (C=O) groups is 2. The summed E-state index contributed by atoms with van der Waals surface area (Å²) in [6.45, 7) is 9.14. The highest BCUT2D eigenvalue weighted by Gasteiger charge is 2.34. The van der Waals surface area contributed by atoms with Gasteiger partial charge < -0.3 is 10.2 Å². The lowest BCUT2D eigenvalue weighted by Gasteiger charge is -2.33. The van der Waals surface area contributed by atoms with Gasteiger partial charge in [-0.15, -0.1) is 0 Å². The van der Waals surface area contributed by atoms with Gasteiger partial charge in [0.25, 0.3) is 10.0 Å². The van der Waals surface area contributed by atoms with Gasteiger partial charge in [0, 0.05) is 17.6 Å². The largest absolute Gasteiger partial charge is 0.352 e. The number of nitrogens with one attached hydrogen (secondary N) is 1. The zero-order chi connectivity index (χ0) is 29.4. The van der Waals surface area contributed by atoms with Gasteiger partial charge in [-0.05, 0) is 75.6 Å². The number of hydrogen-bond donors (Lipinski definition) is 1. The third-order valence-corrected chi connectivity index (χ3v) is 8.90. The molecule has 3 aromatic carbocycles. The minimum Gasteiger partial charge on any atom is -0.352 e. The van der Waals surface area contributed by atoms with Gasteiger partial charge in [-0.25, -0.2) is 8.42 Å². The third kappa shape index (κ3) is 7.86. The Bertz CT molecular complexity index is 1390. The molecule has 0 bridgehead atoms. The van der Waals surface area contributed by atoms with Crippen molar-refractivity contribution in [2.24, 2.45) is 0 Å². The van der Waals surface area contributed by atoms with Crippen LogP contribution in [0.4, 0.5) is 5.69 Å². The molecule has 0 heterocycles. The lowest BCUT2D eigenvalue weighted by Crippen LogP contribution is -2.53. The number of sulfonamides is 1. The Kier molecular flexibility index (Phi) is 10.8. The molecule has 40 heavy (non-hydrogen) atoms. The van der Waals surface area contributed by atoms with Crippen LogP contribution < -0.4 is 9.62 Å². The first-order valence-electron chi connectivity index (χ1n) is 13.5. The maximum Gasteiger partial charge on any atom is 0.264 e. The van der Waals surface area contributed by atoms with Gasteiger partial charge in [-0.2, -0.15) is 0 Å². The average Bonchev–Trinajstić information content (AvgIpc) is 2.93. The lowest BCUT2D eigenvalue weighted by molar-refractivity contribution is -0.140. The molecule has 0 radical (unpaired) electrons. The van der Waals surface area contributed by atoms with Gasteiger partial charge in [-0.1, -0.05) is 73.0 Å².